The van der Waals surface area contributed by atoms with Crippen molar-refractivity contribution >= 4 is 14.8 Å². The molecule has 0 saturated heterocycles. The zero-order chi connectivity index (χ0) is 19.5. The van der Waals surface area contributed by atoms with Crippen LogP contribution in [0.1, 0.15) is 87.2 Å². The van der Waals surface area contributed by atoms with E-state index in [-0.39, 0.29) is 7.80 Å². The van der Waals surface area contributed by atoms with Gasteiger partial charge in [0.1, 0.15) is 0 Å². The Morgan fingerprint density at radius 2 is 0.966 bits per heavy atom. The van der Waals surface area contributed by atoms with Crippen LogP contribution >= 0.6 is 7.80 Å². The van der Waals surface area contributed by atoms with Crippen LogP contribution in [0.5, 0.6) is 0 Å². The van der Waals surface area contributed by atoms with Gasteiger partial charge in [-0.2, -0.15) is 0 Å². The van der Waals surface area contributed by atoms with E-state index < -0.39 is 0 Å². The molecule has 3 aliphatic carbocycles. The summed E-state index contributed by atoms with van der Waals surface area (Å²) in [6.45, 7) is 1.55. The van der Waals surface area contributed by atoms with Crippen molar-refractivity contribution in [3.05, 3.63) is 71.8 Å². The van der Waals surface area contributed by atoms with Crippen molar-refractivity contribution in [1.82, 2.24) is 0 Å². The van der Waals surface area contributed by atoms with Gasteiger partial charge in [-0.25, -0.2) is 0 Å². The highest BCUT2D eigenvalue weighted by Gasteiger charge is 2.53. The Kier molecular flexibility index (Phi) is 6.43. The maximum atomic E-state index is 2.39. The first-order valence-corrected chi connectivity index (χ1v) is 13.9. The van der Waals surface area contributed by atoms with Gasteiger partial charge in [0.05, 0.1) is 0 Å². The van der Waals surface area contributed by atoms with E-state index in [0.717, 1.165) is 29.0 Å². The van der Waals surface area contributed by atoms with Gasteiger partial charge in [0.2, 0.25) is 0 Å². The molecule has 29 heavy (non-hydrogen) atoms. The number of benzene rings is 2. The third kappa shape index (κ3) is 4.51. The highest BCUT2D eigenvalue weighted by Crippen LogP contribution is 2.70. The topological polar surface area (TPSA) is 0 Å². The van der Waals surface area contributed by atoms with E-state index in [4.69, 9.17) is 0 Å². The lowest BCUT2D eigenvalue weighted by molar-refractivity contribution is 0.488. The van der Waals surface area contributed by atoms with E-state index in [1.54, 1.807) is 43.8 Å². The summed E-state index contributed by atoms with van der Waals surface area (Å²) in [6, 6.07) is 22.9. The highest BCUT2D eigenvalue weighted by atomic mass is 31.1. The summed E-state index contributed by atoms with van der Waals surface area (Å²) in [4.78, 5) is 0. The van der Waals surface area contributed by atoms with Gasteiger partial charge in [-0.1, -0.05) is 99.2 Å². The van der Waals surface area contributed by atoms with E-state index in [2.05, 4.69) is 60.7 Å². The lowest BCUT2D eigenvalue weighted by Gasteiger charge is -2.39. The number of rotatable bonds is 6. The minimum Gasteiger partial charge on any atom is -0.138 e. The van der Waals surface area contributed by atoms with Crippen LogP contribution in [0.4, 0.5) is 0 Å². The summed E-state index contributed by atoms with van der Waals surface area (Å²) in [5, 5.41) is 0. The van der Waals surface area contributed by atoms with Crippen LogP contribution in [0.3, 0.4) is 0 Å². The summed E-state index contributed by atoms with van der Waals surface area (Å²) >= 11 is 0. The van der Waals surface area contributed by atoms with Crippen molar-refractivity contribution < 1.29 is 0 Å². The van der Waals surface area contributed by atoms with Gasteiger partial charge in [0, 0.05) is 0 Å². The molecule has 0 aromatic heterocycles. The zero-order valence-electron chi connectivity index (χ0n) is 17.9. The monoisotopic (exact) mass is 402 g/mol. The van der Waals surface area contributed by atoms with Crippen molar-refractivity contribution in [3.8, 4) is 0 Å². The summed E-state index contributed by atoms with van der Waals surface area (Å²) in [7, 11) is 0.192. The fourth-order valence-electron chi connectivity index (χ4n) is 6.53. The number of hydrogen-bond acceptors (Lipinski definition) is 0. The molecule has 2 aromatic rings. The molecule has 152 valence electrons. The largest absolute Gasteiger partial charge is 0.157 e. The van der Waals surface area contributed by atoms with Gasteiger partial charge in [0.15, 0.2) is 7.00 Å². The van der Waals surface area contributed by atoms with Gasteiger partial charge in [-0.05, 0) is 65.8 Å². The maximum absolute atomic E-state index is 2.39. The molecule has 0 N–H and O–H groups in total. The maximum Gasteiger partial charge on any atom is 0.157 e. The van der Waals surface area contributed by atoms with Crippen LogP contribution in [-0.4, -0.2) is 18.3 Å². The van der Waals surface area contributed by atoms with Gasteiger partial charge >= 0.3 is 0 Å². The molecule has 3 fully saturated rings. The Balaban J connectivity index is 1.39. The summed E-state index contributed by atoms with van der Waals surface area (Å²) < 4.78 is 0. The molecule has 2 unspecified atom stereocenters. The van der Waals surface area contributed by atoms with Crippen LogP contribution < -0.4 is 0 Å². The van der Waals surface area contributed by atoms with Gasteiger partial charge in [-0.15, -0.1) is 7.80 Å². The Hall–Kier alpha value is -1.07. The Morgan fingerprint density at radius 1 is 0.552 bits per heavy atom. The van der Waals surface area contributed by atoms with Crippen LogP contribution in [-0.2, 0) is 0 Å². The molecule has 0 radical (unpaired) electrons. The molecular weight excluding hydrogens is 366 g/mol. The van der Waals surface area contributed by atoms with E-state index in [1.165, 1.54) is 38.5 Å². The van der Waals surface area contributed by atoms with E-state index in [9.17, 15) is 0 Å². The second-order valence-electron chi connectivity index (χ2n) is 9.82. The molecule has 3 saturated carbocycles. The summed E-state index contributed by atoms with van der Waals surface area (Å²) in [6.07, 6.45) is 15.2. The number of hydrogen-bond donors (Lipinski definition) is 0. The van der Waals surface area contributed by atoms with Crippen molar-refractivity contribution in [2.75, 3.05) is 0 Å². The van der Waals surface area contributed by atoms with Gasteiger partial charge < -0.3 is 0 Å². The standard InChI is InChI=1S/C27H36BP/c1-5-13-21(14-6-1)25-26(22-15-7-2-8-16-22)27(25)28-29(23-17-9-3-10-18-23)24-19-11-4-12-20-24/h1-2,5-8,13-16,23-28H,3-4,9-12,17-20H2. The fraction of sp³-hybridized carbons (Fsp3) is 0.556. The van der Waals surface area contributed by atoms with E-state index in [1.807, 2.05) is 0 Å². The van der Waals surface area contributed by atoms with Crippen LogP contribution in [0, 0.1) is 0 Å². The second-order valence-corrected chi connectivity index (χ2v) is 12.7. The molecule has 5 rings (SSSR count). The molecular formula is C27H36BP. The van der Waals surface area contributed by atoms with Crippen LogP contribution in [0.25, 0.3) is 0 Å². The van der Waals surface area contributed by atoms with Crippen molar-refractivity contribution in [1.29, 1.82) is 0 Å². The minimum absolute atomic E-state index is 0.192. The summed E-state index contributed by atoms with van der Waals surface area (Å²) in [5.41, 5.74) is 5.34. The van der Waals surface area contributed by atoms with Crippen molar-refractivity contribution in [2.45, 2.75) is 93.2 Å². The van der Waals surface area contributed by atoms with Crippen LogP contribution in [0.2, 0.25) is 5.82 Å². The Morgan fingerprint density at radius 3 is 1.38 bits per heavy atom. The lowest BCUT2D eigenvalue weighted by atomic mass is 9.93. The third-order valence-corrected chi connectivity index (χ3v) is 11.8. The normalized spacial score (nSPS) is 28.4. The quantitative estimate of drug-likeness (QED) is 0.341. The predicted molar refractivity (Wildman–Crippen MR) is 130 cm³/mol. The van der Waals surface area contributed by atoms with E-state index in [0.29, 0.717) is 0 Å². The fourth-order valence-corrected chi connectivity index (χ4v) is 10.7. The van der Waals surface area contributed by atoms with E-state index >= 15 is 0 Å². The second kappa shape index (κ2) is 9.39. The smallest absolute Gasteiger partial charge is 0.138 e. The molecule has 0 spiro atoms. The highest BCUT2D eigenvalue weighted by molar-refractivity contribution is 7.87. The lowest BCUT2D eigenvalue weighted by Crippen LogP contribution is -2.23. The molecule has 2 heteroatoms. The average Bonchev–Trinajstić information content (AvgIpc) is 3.54. The SMILES string of the molecule is B(C1C(c2ccccc2)C1c1ccccc1)P(C1CCCCC1)C1CCCCC1. The third-order valence-electron chi connectivity index (χ3n) is 8.05. The summed E-state index contributed by atoms with van der Waals surface area (Å²) in [5.74, 6) is 2.40. The van der Waals surface area contributed by atoms with Gasteiger partial charge in [0.25, 0.3) is 0 Å². The van der Waals surface area contributed by atoms with Crippen LogP contribution in [0.15, 0.2) is 60.7 Å². The molecule has 0 heterocycles. The average molecular weight is 402 g/mol. The predicted octanol–water partition coefficient (Wildman–Crippen LogP) is 7.85. The van der Waals surface area contributed by atoms with Crippen molar-refractivity contribution in [2.24, 2.45) is 0 Å². The van der Waals surface area contributed by atoms with Crippen molar-refractivity contribution in [3.63, 3.8) is 0 Å². The molecule has 0 bridgehead atoms. The molecule has 0 nitrogen and oxygen atoms in total. The Bertz CT molecular complexity index is 685. The first-order valence-electron chi connectivity index (χ1n) is 12.3. The molecule has 0 aliphatic heterocycles. The molecule has 2 aromatic carbocycles. The zero-order valence-corrected chi connectivity index (χ0v) is 18.8. The molecule has 0 amide bonds. The molecule has 2 atom stereocenters. The minimum atomic E-state index is 0.192. The molecule has 3 aliphatic rings. The first kappa shape index (κ1) is 19.9. The first-order chi connectivity index (χ1) is 14.4. The van der Waals surface area contributed by atoms with Gasteiger partial charge in [-0.3, -0.25) is 0 Å². The Labute approximate surface area is 179 Å².